The molecular weight excluding hydrogens is 326 g/mol. The van der Waals surface area contributed by atoms with Gasteiger partial charge in [-0.05, 0) is 43.3 Å². The molecule has 1 aromatic carbocycles. The molecule has 0 saturated carbocycles. The summed E-state index contributed by atoms with van der Waals surface area (Å²) in [6, 6.07) is 14.6. The van der Waals surface area contributed by atoms with Gasteiger partial charge in [-0.2, -0.15) is 5.26 Å². The van der Waals surface area contributed by atoms with Gasteiger partial charge >= 0.3 is 0 Å². The molecule has 2 aromatic rings. The van der Waals surface area contributed by atoms with Crippen LogP contribution in [0, 0.1) is 11.3 Å². The lowest BCUT2D eigenvalue weighted by molar-refractivity contribution is 0.0972. The average Bonchev–Trinajstić information content (AvgIpc) is 2.72. The number of amides is 1. The number of anilines is 1. The zero-order valence-electron chi connectivity index (χ0n) is 14.9. The molecule has 1 atom stereocenters. The van der Waals surface area contributed by atoms with Crippen LogP contribution < -0.4 is 10.2 Å². The molecule has 0 aliphatic carbocycles. The van der Waals surface area contributed by atoms with E-state index < -0.39 is 0 Å². The van der Waals surface area contributed by atoms with Crippen LogP contribution >= 0.6 is 0 Å². The number of pyridine rings is 1. The fourth-order valence-corrected chi connectivity index (χ4v) is 3.14. The first-order valence-corrected chi connectivity index (χ1v) is 8.87. The van der Waals surface area contributed by atoms with Crippen LogP contribution in [0.15, 0.2) is 48.7 Å². The molecule has 0 unspecified atom stereocenters. The predicted octanol–water partition coefficient (Wildman–Crippen LogP) is 1.89. The Morgan fingerprint density at radius 3 is 2.62 bits per heavy atom. The molecule has 134 valence electrons. The number of aromatic nitrogens is 1. The summed E-state index contributed by atoms with van der Waals surface area (Å²) in [5, 5.41) is 12.3. The van der Waals surface area contributed by atoms with Gasteiger partial charge in [-0.3, -0.25) is 14.6 Å². The second kappa shape index (κ2) is 8.56. The fraction of sp³-hybridized carbons (Fsp3) is 0.350. The standard InChI is InChI=1S/C20H23N5O/c1-16(24-12-10-22-11-13-24)15-25(19-4-2-3-9-23-19)20(26)18-7-5-17(14-21)6-8-18/h2-9,16,22H,10-13,15H2,1H3/t16-/m1/s1. The van der Waals surface area contributed by atoms with Crippen LogP contribution in [0.4, 0.5) is 5.82 Å². The highest BCUT2D eigenvalue weighted by Gasteiger charge is 2.24. The van der Waals surface area contributed by atoms with Crippen LogP contribution in [0.2, 0.25) is 0 Å². The summed E-state index contributed by atoms with van der Waals surface area (Å²) in [7, 11) is 0. The SMILES string of the molecule is C[C@H](CN(C(=O)c1ccc(C#N)cc1)c1ccccn1)N1CCNCC1. The van der Waals surface area contributed by atoms with Gasteiger partial charge in [0.15, 0.2) is 0 Å². The first-order valence-electron chi connectivity index (χ1n) is 8.87. The Bertz CT molecular complexity index is 763. The lowest BCUT2D eigenvalue weighted by Gasteiger charge is -2.35. The second-order valence-electron chi connectivity index (χ2n) is 6.43. The molecule has 1 N–H and O–H groups in total. The predicted molar refractivity (Wildman–Crippen MR) is 101 cm³/mol. The summed E-state index contributed by atoms with van der Waals surface area (Å²) in [6.07, 6.45) is 1.70. The molecule has 6 nitrogen and oxygen atoms in total. The third kappa shape index (κ3) is 4.26. The Balaban J connectivity index is 1.83. The maximum absolute atomic E-state index is 13.1. The summed E-state index contributed by atoms with van der Waals surface area (Å²) in [4.78, 5) is 21.6. The Hall–Kier alpha value is -2.75. The Kier molecular flexibility index (Phi) is 5.95. The number of rotatable bonds is 5. The summed E-state index contributed by atoms with van der Waals surface area (Å²) < 4.78 is 0. The van der Waals surface area contributed by atoms with Crippen LogP contribution in [0.3, 0.4) is 0 Å². The normalized spacial score (nSPS) is 15.8. The zero-order valence-corrected chi connectivity index (χ0v) is 14.9. The molecule has 1 aliphatic heterocycles. The van der Waals surface area contributed by atoms with Crippen molar-refractivity contribution in [1.82, 2.24) is 15.2 Å². The molecular formula is C20H23N5O. The molecule has 1 amide bonds. The highest BCUT2D eigenvalue weighted by molar-refractivity contribution is 6.05. The molecule has 1 aromatic heterocycles. The largest absolute Gasteiger partial charge is 0.314 e. The third-order valence-corrected chi connectivity index (χ3v) is 4.65. The number of nitriles is 1. The van der Waals surface area contributed by atoms with Gasteiger partial charge in [0.2, 0.25) is 0 Å². The van der Waals surface area contributed by atoms with Crippen molar-refractivity contribution in [1.29, 1.82) is 5.26 Å². The van der Waals surface area contributed by atoms with E-state index in [0.29, 0.717) is 23.5 Å². The van der Waals surface area contributed by atoms with Gasteiger partial charge in [-0.25, -0.2) is 4.98 Å². The molecule has 0 spiro atoms. The zero-order chi connectivity index (χ0) is 18.4. The summed E-state index contributed by atoms with van der Waals surface area (Å²) in [6.45, 7) is 6.60. The fourth-order valence-electron chi connectivity index (χ4n) is 3.14. The van der Waals surface area contributed by atoms with E-state index in [1.807, 2.05) is 18.2 Å². The van der Waals surface area contributed by atoms with E-state index in [9.17, 15) is 4.79 Å². The van der Waals surface area contributed by atoms with Crippen molar-refractivity contribution < 1.29 is 4.79 Å². The summed E-state index contributed by atoms with van der Waals surface area (Å²) in [5.74, 6) is 0.541. The van der Waals surface area contributed by atoms with Gasteiger partial charge in [0.05, 0.1) is 11.6 Å². The minimum absolute atomic E-state index is 0.102. The Morgan fingerprint density at radius 2 is 2.00 bits per heavy atom. The Labute approximate surface area is 154 Å². The van der Waals surface area contributed by atoms with E-state index in [4.69, 9.17) is 5.26 Å². The van der Waals surface area contributed by atoms with Gasteiger partial charge in [-0.15, -0.1) is 0 Å². The monoisotopic (exact) mass is 349 g/mol. The number of benzene rings is 1. The van der Waals surface area contributed by atoms with Gasteiger partial charge < -0.3 is 5.32 Å². The number of hydrogen-bond acceptors (Lipinski definition) is 5. The van der Waals surface area contributed by atoms with Crippen LogP contribution in [0.25, 0.3) is 0 Å². The minimum Gasteiger partial charge on any atom is -0.314 e. The highest BCUT2D eigenvalue weighted by atomic mass is 16.2. The first-order chi connectivity index (χ1) is 12.7. The van der Waals surface area contributed by atoms with Gasteiger partial charge in [0, 0.05) is 50.5 Å². The maximum atomic E-state index is 13.1. The molecule has 1 saturated heterocycles. The molecule has 0 bridgehead atoms. The van der Waals surface area contributed by atoms with Gasteiger partial charge in [-0.1, -0.05) is 6.07 Å². The van der Waals surface area contributed by atoms with Crippen molar-refractivity contribution in [2.45, 2.75) is 13.0 Å². The number of hydrogen-bond donors (Lipinski definition) is 1. The molecule has 3 rings (SSSR count). The van der Waals surface area contributed by atoms with Crippen molar-refractivity contribution in [2.75, 3.05) is 37.6 Å². The van der Waals surface area contributed by atoms with Gasteiger partial charge in [0.1, 0.15) is 5.82 Å². The summed E-state index contributed by atoms with van der Waals surface area (Å²) >= 11 is 0. The average molecular weight is 349 g/mol. The molecule has 26 heavy (non-hydrogen) atoms. The second-order valence-corrected chi connectivity index (χ2v) is 6.43. The minimum atomic E-state index is -0.102. The smallest absolute Gasteiger partial charge is 0.259 e. The topological polar surface area (TPSA) is 72.3 Å². The molecule has 6 heteroatoms. The lowest BCUT2D eigenvalue weighted by Crippen LogP contribution is -2.52. The van der Waals surface area contributed by atoms with E-state index in [0.717, 1.165) is 26.2 Å². The van der Waals surface area contributed by atoms with E-state index in [1.165, 1.54) is 0 Å². The van der Waals surface area contributed by atoms with Gasteiger partial charge in [0.25, 0.3) is 5.91 Å². The number of carbonyl (C=O) groups excluding carboxylic acids is 1. The van der Waals surface area contributed by atoms with Crippen LogP contribution in [-0.4, -0.2) is 54.6 Å². The Morgan fingerprint density at radius 1 is 1.27 bits per heavy atom. The van der Waals surface area contributed by atoms with Crippen molar-refractivity contribution in [2.24, 2.45) is 0 Å². The maximum Gasteiger partial charge on any atom is 0.259 e. The highest BCUT2D eigenvalue weighted by Crippen LogP contribution is 2.17. The van der Waals surface area contributed by atoms with Crippen molar-refractivity contribution in [3.63, 3.8) is 0 Å². The molecule has 1 fully saturated rings. The van der Waals surface area contributed by atoms with Crippen molar-refractivity contribution in [3.05, 3.63) is 59.8 Å². The van der Waals surface area contributed by atoms with E-state index in [2.05, 4.69) is 28.2 Å². The van der Waals surface area contributed by atoms with Crippen molar-refractivity contribution >= 4 is 11.7 Å². The summed E-state index contributed by atoms with van der Waals surface area (Å²) in [5.41, 5.74) is 1.10. The van der Waals surface area contributed by atoms with E-state index in [1.54, 1.807) is 35.4 Å². The third-order valence-electron chi connectivity index (χ3n) is 4.65. The number of nitrogens with zero attached hydrogens (tertiary/aromatic N) is 4. The quantitative estimate of drug-likeness (QED) is 0.892. The first kappa shape index (κ1) is 18.1. The van der Waals surface area contributed by atoms with E-state index >= 15 is 0 Å². The van der Waals surface area contributed by atoms with Crippen LogP contribution in [0.5, 0.6) is 0 Å². The van der Waals surface area contributed by atoms with E-state index in [-0.39, 0.29) is 11.9 Å². The molecule has 1 aliphatic rings. The van der Waals surface area contributed by atoms with Crippen LogP contribution in [0.1, 0.15) is 22.8 Å². The van der Waals surface area contributed by atoms with Crippen molar-refractivity contribution in [3.8, 4) is 6.07 Å². The lowest BCUT2D eigenvalue weighted by atomic mass is 10.1. The number of carbonyl (C=O) groups is 1. The van der Waals surface area contributed by atoms with Crippen LogP contribution in [-0.2, 0) is 0 Å². The number of piperazine rings is 1. The molecule has 0 radical (unpaired) electrons. The number of nitrogens with one attached hydrogen (secondary N) is 1. The molecule has 2 heterocycles.